The highest BCUT2D eigenvalue weighted by molar-refractivity contribution is 9.10. The van der Waals surface area contributed by atoms with Gasteiger partial charge >= 0.3 is 0 Å². The smallest absolute Gasteiger partial charge is 0.262 e. The van der Waals surface area contributed by atoms with Crippen LogP contribution in [0.15, 0.2) is 53.0 Å². The molecule has 0 aliphatic carbocycles. The average molecular weight is 365 g/mol. The zero-order valence-corrected chi connectivity index (χ0v) is 13.3. The zero-order chi connectivity index (χ0) is 15.0. The normalized spacial score (nSPS) is 15.2. The molecule has 106 valence electrons. The van der Waals surface area contributed by atoms with E-state index in [9.17, 15) is 9.59 Å². The number of fused-ring (bicyclic) bond motifs is 1. The number of amides is 2. The van der Waals surface area contributed by atoms with Crippen LogP contribution in [0.4, 0.5) is 0 Å². The van der Waals surface area contributed by atoms with E-state index in [1.54, 1.807) is 24.3 Å². The van der Waals surface area contributed by atoms with Gasteiger partial charge in [0.25, 0.3) is 11.8 Å². The summed E-state index contributed by atoms with van der Waals surface area (Å²) in [7, 11) is 0. The molecular weight excluding hydrogens is 354 g/mol. The van der Waals surface area contributed by atoms with Gasteiger partial charge in [-0.15, -0.1) is 0 Å². The molecule has 1 unspecified atom stereocenters. The lowest BCUT2D eigenvalue weighted by atomic mass is 10.1. The lowest BCUT2D eigenvalue weighted by molar-refractivity contribution is 0.0634. The van der Waals surface area contributed by atoms with Gasteiger partial charge in [0.05, 0.1) is 11.1 Å². The van der Waals surface area contributed by atoms with E-state index in [0.717, 1.165) is 14.9 Å². The van der Waals surface area contributed by atoms with E-state index in [2.05, 4.69) is 15.9 Å². The van der Waals surface area contributed by atoms with Crippen LogP contribution >= 0.6 is 27.5 Å². The van der Waals surface area contributed by atoms with Crippen molar-refractivity contribution in [2.45, 2.75) is 11.9 Å². The Kier molecular flexibility index (Phi) is 3.83. The largest absolute Gasteiger partial charge is 0.269 e. The third-order valence-corrected chi connectivity index (χ3v) is 4.57. The van der Waals surface area contributed by atoms with Gasteiger partial charge in [-0.1, -0.05) is 57.9 Å². The quantitative estimate of drug-likeness (QED) is 0.471. The molecule has 2 aromatic carbocycles. The minimum atomic E-state index is -0.712. The first kappa shape index (κ1) is 14.3. The summed E-state index contributed by atoms with van der Waals surface area (Å²) in [6, 6.07) is 14.4. The van der Waals surface area contributed by atoms with Crippen molar-refractivity contribution in [3.63, 3.8) is 0 Å². The molecule has 2 aromatic rings. The van der Waals surface area contributed by atoms with Crippen molar-refractivity contribution in [3.8, 4) is 0 Å². The molecule has 1 aliphatic heterocycles. The van der Waals surface area contributed by atoms with Gasteiger partial charge in [-0.3, -0.25) is 14.5 Å². The van der Waals surface area contributed by atoms with Crippen LogP contribution in [0.3, 0.4) is 0 Å². The van der Waals surface area contributed by atoms with E-state index >= 15 is 0 Å². The van der Waals surface area contributed by atoms with Gasteiger partial charge in [0.1, 0.15) is 5.50 Å². The number of nitrogens with zero attached hydrogens (tertiary/aromatic N) is 1. The summed E-state index contributed by atoms with van der Waals surface area (Å²) < 4.78 is 0.909. The summed E-state index contributed by atoms with van der Waals surface area (Å²) in [6.45, 7) is 0. The van der Waals surface area contributed by atoms with Crippen LogP contribution < -0.4 is 0 Å². The number of imide groups is 1. The molecule has 0 bridgehead atoms. The van der Waals surface area contributed by atoms with Crippen molar-refractivity contribution in [1.82, 2.24) is 4.90 Å². The van der Waals surface area contributed by atoms with Gasteiger partial charge in [0.2, 0.25) is 0 Å². The Morgan fingerprint density at radius 3 is 2.05 bits per heavy atom. The van der Waals surface area contributed by atoms with E-state index in [-0.39, 0.29) is 11.8 Å². The van der Waals surface area contributed by atoms with E-state index in [1.807, 2.05) is 24.3 Å². The molecular formula is C16H11BrClNO2. The minimum Gasteiger partial charge on any atom is -0.269 e. The Morgan fingerprint density at radius 1 is 0.952 bits per heavy atom. The molecule has 0 saturated carbocycles. The predicted molar refractivity (Wildman–Crippen MR) is 84.4 cm³/mol. The number of rotatable bonds is 3. The monoisotopic (exact) mass is 363 g/mol. The first-order valence-corrected chi connectivity index (χ1v) is 7.67. The molecule has 0 radical (unpaired) electrons. The number of alkyl halides is 1. The third-order valence-electron chi connectivity index (χ3n) is 3.45. The Labute approximate surface area is 135 Å². The fourth-order valence-corrected chi connectivity index (χ4v) is 3.19. The van der Waals surface area contributed by atoms with Crippen LogP contribution in [0, 0.1) is 0 Å². The third kappa shape index (κ3) is 2.49. The maximum atomic E-state index is 12.3. The molecule has 3 rings (SSSR count). The number of carbonyl (C=O) groups is 2. The number of hydrogen-bond donors (Lipinski definition) is 0. The molecule has 21 heavy (non-hydrogen) atoms. The second kappa shape index (κ2) is 5.62. The average Bonchev–Trinajstić information content (AvgIpc) is 2.74. The molecule has 0 fully saturated rings. The number of halogens is 2. The minimum absolute atomic E-state index is 0.331. The molecule has 0 spiro atoms. The summed E-state index contributed by atoms with van der Waals surface area (Å²) in [5.74, 6) is -0.662. The number of benzene rings is 2. The highest BCUT2D eigenvalue weighted by Crippen LogP contribution is 2.28. The van der Waals surface area contributed by atoms with Gasteiger partial charge in [0.15, 0.2) is 0 Å². The molecule has 2 amide bonds. The first-order valence-electron chi connectivity index (χ1n) is 6.44. The summed E-state index contributed by atoms with van der Waals surface area (Å²) >= 11 is 9.78. The van der Waals surface area contributed by atoms with Gasteiger partial charge in [-0.05, 0) is 23.8 Å². The summed E-state index contributed by atoms with van der Waals surface area (Å²) in [5.41, 5.74) is 1.07. The molecule has 3 nitrogen and oxygen atoms in total. The van der Waals surface area contributed by atoms with Gasteiger partial charge in [0, 0.05) is 10.9 Å². The number of carbonyl (C=O) groups excluding carboxylic acids is 2. The van der Waals surface area contributed by atoms with Crippen LogP contribution in [0.25, 0.3) is 0 Å². The van der Waals surface area contributed by atoms with Crippen molar-refractivity contribution in [1.29, 1.82) is 0 Å². The second-order valence-electron chi connectivity index (χ2n) is 4.76. The highest BCUT2D eigenvalue weighted by Gasteiger charge is 2.39. The van der Waals surface area contributed by atoms with Gasteiger partial charge in [-0.2, -0.15) is 0 Å². The zero-order valence-electron chi connectivity index (χ0n) is 10.9. The van der Waals surface area contributed by atoms with E-state index in [4.69, 9.17) is 11.6 Å². The van der Waals surface area contributed by atoms with Gasteiger partial charge in [-0.25, -0.2) is 0 Å². The Morgan fingerprint density at radius 2 is 1.48 bits per heavy atom. The topological polar surface area (TPSA) is 37.4 Å². The molecule has 1 aliphatic rings. The Balaban J connectivity index is 1.87. The van der Waals surface area contributed by atoms with Crippen LogP contribution in [0.2, 0.25) is 0 Å². The van der Waals surface area contributed by atoms with Crippen molar-refractivity contribution in [2.75, 3.05) is 0 Å². The summed E-state index contributed by atoms with van der Waals surface area (Å²) in [4.78, 5) is 25.8. The van der Waals surface area contributed by atoms with Crippen molar-refractivity contribution < 1.29 is 9.59 Å². The van der Waals surface area contributed by atoms with E-state index in [1.165, 1.54) is 0 Å². The molecule has 0 aromatic heterocycles. The second-order valence-corrected chi connectivity index (χ2v) is 6.11. The molecule has 0 N–H and O–H groups in total. The van der Waals surface area contributed by atoms with Crippen molar-refractivity contribution in [2.24, 2.45) is 0 Å². The number of hydrogen-bond acceptors (Lipinski definition) is 2. The lowest BCUT2D eigenvalue weighted by Gasteiger charge is -2.21. The Bertz CT molecular complexity index is 697. The van der Waals surface area contributed by atoms with Crippen molar-refractivity contribution in [3.05, 3.63) is 69.7 Å². The Hall–Kier alpha value is -1.65. The first-order chi connectivity index (χ1) is 10.1. The van der Waals surface area contributed by atoms with Crippen LogP contribution in [0.5, 0.6) is 0 Å². The maximum Gasteiger partial charge on any atom is 0.262 e. The van der Waals surface area contributed by atoms with E-state index in [0.29, 0.717) is 17.5 Å². The maximum absolute atomic E-state index is 12.3. The highest BCUT2D eigenvalue weighted by atomic mass is 79.9. The molecule has 1 heterocycles. The fourth-order valence-electron chi connectivity index (χ4n) is 2.40. The summed E-state index contributed by atoms with van der Waals surface area (Å²) in [6.07, 6.45) is 0.397. The summed E-state index contributed by atoms with van der Waals surface area (Å²) in [5, 5.41) is 0. The predicted octanol–water partition coefficient (Wildman–Crippen LogP) is 3.85. The van der Waals surface area contributed by atoms with Gasteiger partial charge < -0.3 is 0 Å². The molecule has 0 saturated heterocycles. The molecule has 5 heteroatoms. The lowest BCUT2D eigenvalue weighted by Crippen LogP contribution is -2.37. The SMILES string of the molecule is O=C1c2ccccc2C(=O)N1C(Cl)Cc1ccccc1Br. The van der Waals surface area contributed by atoms with Crippen LogP contribution in [-0.2, 0) is 6.42 Å². The van der Waals surface area contributed by atoms with Crippen LogP contribution in [0.1, 0.15) is 26.3 Å². The standard InChI is InChI=1S/C16H11BrClNO2/c17-13-8-4-1-5-10(13)9-14(18)19-15(20)11-6-2-3-7-12(11)16(19)21/h1-8,14H,9H2. The fraction of sp³-hybridized carbons (Fsp3) is 0.125. The van der Waals surface area contributed by atoms with Crippen LogP contribution in [-0.4, -0.2) is 22.2 Å². The van der Waals surface area contributed by atoms with E-state index < -0.39 is 5.50 Å². The van der Waals surface area contributed by atoms with Crippen molar-refractivity contribution >= 4 is 39.3 Å². The molecule has 1 atom stereocenters.